The maximum Gasteiger partial charge on any atom is 0.324 e. The van der Waals surface area contributed by atoms with E-state index in [2.05, 4.69) is 64.9 Å². The summed E-state index contributed by atoms with van der Waals surface area (Å²) in [5.74, 6) is -2.43. The number of cyclic esters (lactones) is 1. The summed E-state index contributed by atoms with van der Waals surface area (Å²) < 4.78 is 14.2. The van der Waals surface area contributed by atoms with Crippen molar-refractivity contribution in [2.75, 3.05) is 33.4 Å². The van der Waals surface area contributed by atoms with Crippen LogP contribution < -0.4 is 21.4 Å². The zero-order valence-electron chi connectivity index (χ0n) is 38.4. The summed E-state index contributed by atoms with van der Waals surface area (Å²) in [6, 6.07) is 11.5. The Hall–Kier alpha value is -5.84. The molecule has 65 heavy (non-hydrogen) atoms. The lowest BCUT2D eigenvalue weighted by Gasteiger charge is -2.36. The summed E-state index contributed by atoms with van der Waals surface area (Å²) in [4.78, 5) is 75.6. The van der Waals surface area contributed by atoms with Crippen molar-refractivity contribution in [1.29, 1.82) is 0 Å². The van der Waals surface area contributed by atoms with Crippen LogP contribution in [0.15, 0.2) is 54.7 Å². The topological polar surface area (TPSA) is 206 Å². The monoisotopic (exact) mass is 890 g/mol. The maximum atomic E-state index is 14.7. The van der Waals surface area contributed by atoms with Gasteiger partial charge in [0.1, 0.15) is 29.9 Å². The summed E-state index contributed by atoms with van der Waals surface area (Å²) in [6.07, 6.45) is 3.32. The molecule has 4 aromatic rings. The molecule has 4 aliphatic heterocycles. The molecule has 2 aromatic heterocycles. The minimum Gasteiger partial charge on any atom is -0.508 e. The Morgan fingerprint density at radius 3 is 2.51 bits per heavy atom. The quantitative estimate of drug-likeness (QED) is 0.113. The van der Waals surface area contributed by atoms with Gasteiger partial charge in [0, 0.05) is 67.8 Å². The van der Waals surface area contributed by atoms with Crippen LogP contribution in [0.2, 0.25) is 0 Å². The number of pyridine rings is 1. The van der Waals surface area contributed by atoms with Crippen molar-refractivity contribution in [1.82, 2.24) is 40.8 Å². The average molecular weight is 891 g/mol. The lowest BCUT2D eigenvalue weighted by molar-refractivity contribution is -0.155. The number of nitrogens with zero attached hydrogens (tertiary/aromatic N) is 4. The fourth-order valence-electron chi connectivity index (χ4n) is 9.76. The Bertz CT molecular complexity index is 2500. The number of likely N-dealkylation sites (tertiary alicyclic amines) is 1. The highest BCUT2D eigenvalue weighted by Crippen LogP contribution is 2.42. The van der Waals surface area contributed by atoms with Crippen molar-refractivity contribution < 1.29 is 38.6 Å². The largest absolute Gasteiger partial charge is 0.508 e. The molecule has 2 aromatic carbocycles. The molecule has 6 bridgehead atoms. The van der Waals surface area contributed by atoms with Crippen molar-refractivity contribution in [3.05, 3.63) is 71.5 Å². The molecule has 3 fully saturated rings. The predicted molar refractivity (Wildman–Crippen MR) is 244 cm³/mol. The summed E-state index contributed by atoms with van der Waals surface area (Å²) in [5.41, 5.74) is 9.53. The molecule has 6 heterocycles. The van der Waals surface area contributed by atoms with E-state index in [0.29, 0.717) is 49.9 Å². The Kier molecular flexibility index (Phi) is 13.1. The van der Waals surface area contributed by atoms with Gasteiger partial charge in [-0.25, -0.2) is 5.43 Å². The second-order valence-electron chi connectivity index (χ2n) is 19.1. The molecule has 3 saturated heterocycles. The number of amides is 4. The molecule has 6 atom stereocenters. The molecule has 4 amide bonds. The second kappa shape index (κ2) is 18.6. The molecule has 4 aliphatic rings. The smallest absolute Gasteiger partial charge is 0.324 e. The third-order valence-corrected chi connectivity index (χ3v) is 13.2. The van der Waals surface area contributed by atoms with Crippen molar-refractivity contribution in [3.8, 4) is 28.1 Å². The van der Waals surface area contributed by atoms with Crippen LogP contribution in [-0.2, 0) is 52.8 Å². The Balaban J connectivity index is 1.20. The number of aromatic nitrogens is 2. The Labute approximate surface area is 379 Å². The Morgan fingerprint density at radius 1 is 1.00 bits per heavy atom. The molecular weight excluding hydrogens is 829 g/mol. The SMILES string of the molecule is CCn1c(-c2cccnc2[C@H](C)OC)c2c3cc(ccc31)-c1cc(O)cc(c1)C[C@H](NC(=O)[C@H](C(C)C)N1CC[C@H](NC(=O)[C@H]3CN3)C1=O)C(=O)N1CCC[C@H](N1)C(=O)OCC(C)(C)C2. The van der Waals surface area contributed by atoms with Gasteiger partial charge in [0.05, 0.1) is 30.1 Å². The van der Waals surface area contributed by atoms with Crippen LogP contribution in [-0.4, -0.2) is 118 Å². The number of carbonyl (C=O) groups excluding carboxylic acids is 5. The number of phenolic OH excluding ortho intramolecular Hbond substituents is 1. The molecule has 0 saturated carbocycles. The molecule has 0 spiro atoms. The lowest BCUT2D eigenvalue weighted by Crippen LogP contribution is -2.62. The van der Waals surface area contributed by atoms with Gasteiger partial charge in [0.25, 0.3) is 5.91 Å². The van der Waals surface area contributed by atoms with E-state index in [1.165, 1.54) is 9.91 Å². The van der Waals surface area contributed by atoms with E-state index >= 15 is 0 Å². The fourth-order valence-corrected chi connectivity index (χ4v) is 9.76. The number of hydrazine groups is 1. The first-order valence-electron chi connectivity index (χ1n) is 22.9. The molecule has 0 aliphatic carbocycles. The number of ether oxygens (including phenoxy) is 2. The van der Waals surface area contributed by atoms with Crippen molar-refractivity contribution in [3.63, 3.8) is 0 Å². The minimum atomic E-state index is -1.16. The summed E-state index contributed by atoms with van der Waals surface area (Å²) in [7, 11) is 1.67. The summed E-state index contributed by atoms with van der Waals surface area (Å²) >= 11 is 0. The first-order valence-corrected chi connectivity index (χ1v) is 22.9. The van der Waals surface area contributed by atoms with Crippen molar-refractivity contribution in [2.45, 2.75) is 117 Å². The molecular formula is C49H62N8O8. The highest BCUT2D eigenvalue weighted by molar-refractivity contribution is 5.97. The van der Waals surface area contributed by atoms with Gasteiger partial charge in [-0.3, -0.25) is 34.0 Å². The number of hydrogen-bond donors (Lipinski definition) is 5. The van der Waals surface area contributed by atoms with E-state index in [0.717, 1.165) is 39.0 Å². The zero-order chi connectivity index (χ0) is 46.3. The molecule has 8 rings (SSSR count). The molecule has 5 N–H and O–H groups in total. The van der Waals surface area contributed by atoms with Gasteiger partial charge in [0.2, 0.25) is 17.7 Å². The number of methoxy groups -OCH3 is 1. The zero-order valence-corrected chi connectivity index (χ0v) is 38.4. The third kappa shape index (κ3) is 9.47. The minimum absolute atomic E-state index is 0.00932. The highest BCUT2D eigenvalue weighted by Gasteiger charge is 2.44. The van der Waals surface area contributed by atoms with E-state index in [4.69, 9.17) is 14.5 Å². The second-order valence-corrected chi connectivity index (χ2v) is 19.1. The normalized spacial score (nSPS) is 23.2. The molecule has 16 nitrogen and oxygen atoms in total. The van der Waals surface area contributed by atoms with E-state index in [1.54, 1.807) is 25.4 Å². The summed E-state index contributed by atoms with van der Waals surface area (Å²) in [5, 5.41) is 22.5. The maximum absolute atomic E-state index is 14.7. The van der Waals surface area contributed by atoms with Crippen LogP contribution in [0.4, 0.5) is 0 Å². The van der Waals surface area contributed by atoms with Crippen LogP contribution in [0.3, 0.4) is 0 Å². The van der Waals surface area contributed by atoms with E-state index < -0.39 is 47.4 Å². The molecule has 16 heteroatoms. The molecule has 0 unspecified atom stereocenters. The lowest BCUT2D eigenvalue weighted by atomic mass is 9.84. The number of carbonyl (C=O) groups is 5. The standard InChI is InChI=1S/C49H62N8O8/c1-8-55-40-14-13-30-23-34(40)35(43(55)33-11-9-16-50-41(33)28(4)64-7)24-49(5,6)26-65-48(63)37-12-10-17-57(54-37)47(62)38(21-29-19-31(30)22-32(58)20-29)53-45(60)42(27(2)3)56-18-15-36(46(56)61)52-44(59)39-25-51-39/h9,11,13-14,16,19-20,22-23,27-28,36-39,42,51,54,58H,8,10,12,15,17-18,21,24-26H2,1-7H3,(H,52,59)(H,53,60)/t28-,36-,37-,38-,39+,42-/m0/s1. The number of hydrogen-bond acceptors (Lipinski definition) is 11. The van der Waals surface area contributed by atoms with Gasteiger partial charge >= 0.3 is 5.97 Å². The highest BCUT2D eigenvalue weighted by atomic mass is 16.5. The number of rotatable bonds is 10. The van der Waals surface area contributed by atoms with E-state index in [9.17, 15) is 29.1 Å². The number of benzene rings is 2. The van der Waals surface area contributed by atoms with E-state index in [-0.39, 0.29) is 61.7 Å². The Morgan fingerprint density at radius 2 is 1.78 bits per heavy atom. The summed E-state index contributed by atoms with van der Waals surface area (Å²) in [6.45, 7) is 13.8. The van der Waals surface area contributed by atoms with Crippen LogP contribution in [0.5, 0.6) is 5.75 Å². The number of phenols is 1. The number of aryl methyl sites for hydroxylation is 1. The number of esters is 1. The first-order chi connectivity index (χ1) is 31.1. The van der Waals surface area contributed by atoms with Gasteiger partial charge in [-0.1, -0.05) is 39.8 Å². The fraction of sp³-hybridized carbons (Fsp3) is 0.510. The average Bonchev–Trinajstić information content (AvgIpc) is 4.03. The van der Waals surface area contributed by atoms with Crippen LogP contribution in [0.1, 0.15) is 83.7 Å². The van der Waals surface area contributed by atoms with Crippen LogP contribution in [0, 0.1) is 11.3 Å². The first kappa shape index (κ1) is 45.7. The van der Waals surface area contributed by atoms with Gasteiger partial charge < -0.3 is 40.0 Å². The van der Waals surface area contributed by atoms with Gasteiger partial charge in [-0.05, 0) is 104 Å². The third-order valence-electron chi connectivity index (χ3n) is 13.2. The van der Waals surface area contributed by atoms with Crippen LogP contribution in [0.25, 0.3) is 33.3 Å². The number of aromatic hydroxyl groups is 1. The van der Waals surface area contributed by atoms with Crippen LogP contribution >= 0.6 is 0 Å². The van der Waals surface area contributed by atoms with Crippen molar-refractivity contribution in [2.24, 2.45) is 11.3 Å². The van der Waals surface area contributed by atoms with Gasteiger partial charge in [0.15, 0.2) is 0 Å². The molecule has 346 valence electrons. The molecule has 0 radical (unpaired) electrons. The predicted octanol–water partition coefficient (Wildman–Crippen LogP) is 4.17. The van der Waals surface area contributed by atoms with Gasteiger partial charge in [-0.2, -0.15) is 0 Å². The van der Waals surface area contributed by atoms with E-state index in [1.807, 2.05) is 39.0 Å². The van der Waals surface area contributed by atoms with Gasteiger partial charge in [-0.15, -0.1) is 0 Å². The number of nitrogens with one attached hydrogen (secondary N) is 4. The number of fused-ring (bicyclic) bond motifs is 6. The van der Waals surface area contributed by atoms with Crippen molar-refractivity contribution >= 4 is 40.5 Å².